The van der Waals surface area contributed by atoms with Crippen molar-refractivity contribution < 1.29 is 14.8 Å². The lowest BCUT2D eigenvalue weighted by Crippen LogP contribution is -2.24. The number of carbonyl (C=O) groups is 2. The number of nitrogens with one attached hydrogen (secondary N) is 1. The zero-order valence-corrected chi connectivity index (χ0v) is 9.61. The van der Waals surface area contributed by atoms with E-state index in [4.69, 9.17) is 5.21 Å². The molecule has 0 aliphatic heterocycles. The molecule has 90 valence electrons. The molecule has 2 N–H and O–H groups in total. The van der Waals surface area contributed by atoms with Gasteiger partial charge in [-0.3, -0.25) is 14.8 Å². The van der Waals surface area contributed by atoms with Crippen LogP contribution >= 0.6 is 0 Å². The fraction of sp³-hybridized carbons (Fsp3) is 0.667. The van der Waals surface area contributed by atoms with E-state index >= 15 is 0 Å². The Morgan fingerprint density at radius 1 is 1.56 bits per heavy atom. The number of hydrogen-bond donors (Lipinski definition) is 2. The molecule has 0 aromatic carbocycles. The minimum absolute atomic E-state index is 0.0416. The maximum Gasteiger partial charge on any atom is 0.243 e. The molecule has 0 heterocycles. The van der Waals surface area contributed by atoms with Crippen LogP contribution in [0.1, 0.15) is 39.0 Å². The highest BCUT2D eigenvalue weighted by atomic mass is 16.5. The number of carbonyl (C=O) groups excluding carboxylic acids is 2. The predicted molar refractivity (Wildman–Crippen MR) is 59.8 cm³/mol. The summed E-state index contributed by atoms with van der Waals surface area (Å²) in [5.74, 6) is -0.109. The lowest BCUT2D eigenvalue weighted by atomic mass is 9.89. The first-order valence-corrected chi connectivity index (χ1v) is 5.79. The first kappa shape index (κ1) is 12.9. The molecular formula is C12H19NO3. The highest BCUT2D eigenvalue weighted by Crippen LogP contribution is 2.33. The number of allylic oxidation sites excluding steroid dienone is 2. The first-order valence-electron chi connectivity index (χ1n) is 5.79. The standard InChI is InChI=1S/C12H19NO3/c1-2-3-4-5-10-9(6-7-11(10)14)8-12(15)13-16/h3-4,9-10,16H,2,5-8H2,1H3,(H,13,15)/b4-3-/t9?,10-/m0/s1. The first-order chi connectivity index (χ1) is 7.69. The van der Waals surface area contributed by atoms with E-state index in [-0.39, 0.29) is 24.0 Å². The van der Waals surface area contributed by atoms with Crippen molar-refractivity contribution in [1.82, 2.24) is 5.48 Å². The molecule has 1 aliphatic carbocycles. The minimum Gasteiger partial charge on any atom is -0.299 e. The van der Waals surface area contributed by atoms with Crippen LogP contribution in [-0.4, -0.2) is 16.9 Å². The van der Waals surface area contributed by atoms with Crippen LogP contribution in [0.2, 0.25) is 0 Å². The summed E-state index contributed by atoms with van der Waals surface area (Å²) in [4.78, 5) is 22.7. The quantitative estimate of drug-likeness (QED) is 0.426. The predicted octanol–water partition coefficient (Wildman–Crippen LogP) is 1.83. The highest BCUT2D eigenvalue weighted by molar-refractivity contribution is 5.85. The average Bonchev–Trinajstić information content (AvgIpc) is 2.61. The minimum atomic E-state index is -0.399. The molecule has 4 heteroatoms. The van der Waals surface area contributed by atoms with E-state index < -0.39 is 5.91 Å². The number of ketones is 1. The summed E-state index contributed by atoms with van der Waals surface area (Å²) < 4.78 is 0. The van der Waals surface area contributed by atoms with Crippen molar-refractivity contribution in [3.05, 3.63) is 12.2 Å². The molecule has 0 saturated heterocycles. The van der Waals surface area contributed by atoms with Crippen LogP contribution in [0.4, 0.5) is 0 Å². The van der Waals surface area contributed by atoms with Crippen LogP contribution in [0.25, 0.3) is 0 Å². The molecule has 2 atom stereocenters. The normalized spacial score (nSPS) is 25.2. The van der Waals surface area contributed by atoms with Gasteiger partial charge in [-0.15, -0.1) is 0 Å². The van der Waals surface area contributed by atoms with E-state index in [9.17, 15) is 9.59 Å². The van der Waals surface area contributed by atoms with Gasteiger partial charge in [0, 0.05) is 18.8 Å². The van der Waals surface area contributed by atoms with Gasteiger partial charge in [-0.25, -0.2) is 5.48 Å². The largest absolute Gasteiger partial charge is 0.299 e. The third-order valence-corrected chi connectivity index (χ3v) is 3.11. The molecule has 1 rings (SSSR count). The number of hydrogen-bond acceptors (Lipinski definition) is 3. The molecule has 4 nitrogen and oxygen atoms in total. The van der Waals surface area contributed by atoms with Crippen molar-refractivity contribution in [3.8, 4) is 0 Å². The monoisotopic (exact) mass is 225 g/mol. The van der Waals surface area contributed by atoms with E-state index in [1.807, 2.05) is 19.1 Å². The van der Waals surface area contributed by atoms with E-state index in [0.717, 1.165) is 19.3 Å². The van der Waals surface area contributed by atoms with Crippen molar-refractivity contribution >= 4 is 11.7 Å². The molecular weight excluding hydrogens is 206 g/mol. The summed E-state index contributed by atoms with van der Waals surface area (Å²) in [6.07, 6.45) is 7.29. The van der Waals surface area contributed by atoms with E-state index in [2.05, 4.69) is 0 Å². The Morgan fingerprint density at radius 2 is 2.31 bits per heavy atom. The Morgan fingerprint density at radius 3 is 2.94 bits per heavy atom. The van der Waals surface area contributed by atoms with Crippen LogP contribution in [0.3, 0.4) is 0 Å². The summed E-state index contributed by atoms with van der Waals surface area (Å²) in [5, 5.41) is 8.46. The smallest absolute Gasteiger partial charge is 0.243 e. The number of Topliss-reactive ketones (excluding diaryl/α,β-unsaturated/α-hetero) is 1. The Labute approximate surface area is 95.7 Å². The molecule has 1 amide bonds. The van der Waals surface area contributed by atoms with Gasteiger partial charge < -0.3 is 0 Å². The molecule has 16 heavy (non-hydrogen) atoms. The summed E-state index contributed by atoms with van der Waals surface area (Å²) in [6.45, 7) is 2.05. The van der Waals surface area contributed by atoms with Gasteiger partial charge in [-0.2, -0.15) is 0 Å². The summed E-state index contributed by atoms with van der Waals surface area (Å²) in [5.41, 5.74) is 1.63. The van der Waals surface area contributed by atoms with Gasteiger partial charge in [-0.1, -0.05) is 19.1 Å². The van der Waals surface area contributed by atoms with Gasteiger partial charge in [0.05, 0.1) is 0 Å². The Kier molecular flexibility index (Phi) is 5.19. The number of hydroxylamine groups is 1. The van der Waals surface area contributed by atoms with Crippen molar-refractivity contribution in [2.45, 2.75) is 39.0 Å². The van der Waals surface area contributed by atoms with Crippen molar-refractivity contribution in [2.75, 3.05) is 0 Å². The van der Waals surface area contributed by atoms with E-state index in [1.54, 1.807) is 5.48 Å². The lowest BCUT2D eigenvalue weighted by Gasteiger charge is -2.15. The molecule has 1 fully saturated rings. The molecule has 0 bridgehead atoms. The SMILES string of the molecule is CC/C=C\C[C@@H]1C(=O)CCC1CC(=O)NO. The zero-order valence-electron chi connectivity index (χ0n) is 9.61. The van der Waals surface area contributed by atoms with Crippen molar-refractivity contribution in [2.24, 2.45) is 11.8 Å². The summed E-state index contributed by atoms with van der Waals surface area (Å²) >= 11 is 0. The Hall–Kier alpha value is -1.16. The molecule has 1 saturated carbocycles. The van der Waals surface area contributed by atoms with Crippen LogP contribution in [0, 0.1) is 11.8 Å². The van der Waals surface area contributed by atoms with Crippen molar-refractivity contribution in [1.29, 1.82) is 0 Å². The van der Waals surface area contributed by atoms with Gasteiger partial charge >= 0.3 is 0 Å². The van der Waals surface area contributed by atoms with Gasteiger partial charge in [-0.05, 0) is 25.2 Å². The third kappa shape index (κ3) is 3.45. The van der Waals surface area contributed by atoms with Crippen LogP contribution < -0.4 is 5.48 Å². The third-order valence-electron chi connectivity index (χ3n) is 3.11. The molecule has 0 radical (unpaired) electrons. The van der Waals surface area contributed by atoms with Crippen LogP contribution in [0.15, 0.2) is 12.2 Å². The fourth-order valence-corrected chi connectivity index (χ4v) is 2.24. The van der Waals surface area contributed by atoms with Gasteiger partial charge in [0.2, 0.25) is 5.91 Å². The molecule has 0 aromatic rings. The van der Waals surface area contributed by atoms with Gasteiger partial charge in [0.15, 0.2) is 0 Å². The fourth-order valence-electron chi connectivity index (χ4n) is 2.24. The topological polar surface area (TPSA) is 66.4 Å². The molecule has 1 unspecified atom stereocenters. The van der Waals surface area contributed by atoms with E-state index in [0.29, 0.717) is 6.42 Å². The lowest BCUT2D eigenvalue weighted by molar-refractivity contribution is -0.130. The second-order valence-corrected chi connectivity index (χ2v) is 4.23. The molecule has 1 aliphatic rings. The maximum atomic E-state index is 11.6. The van der Waals surface area contributed by atoms with Crippen LogP contribution in [0.5, 0.6) is 0 Å². The van der Waals surface area contributed by atoms with Crippen LogP contribution in [-0.2, 0) is 9.59 Å². The van der Waals surface area contributed by atoms with Crippen molar-refractivity contribution in [3.63, 3.8) is 0 Å². The average molecular weight is 225 g/mol. The number of amides is 1. The Balaban J connectivity index is 2.52. The second-order valence-electron chi connectivity index (χ2n) is 4.23. The highest BCUT2D eigenvalue weighted by Gasteiger charge is 2.34. The van der Waals surface area contributed by atoms with Gasteiger partial charge in [0.25, 0.3) is 0 Å². The van der Waals surface area contributed by atoms with Gasteiger partial charge in [0.1, 0.15) is 5.78 Å². The zero-order chi connectivity index (χ0) is 12.0. The molecule has 0 spiro atoms. The summed E-state index contributed by atoms with van der Waals surface area (Å²) in [6, 6.07) is 0. The number of rotatable bonds is 5. The molecule has 0 aromatic heterocycles. The Bertz CT molecular complexity index is 286. The summed E-state index contributed by atoms with van der Waals surface area (Å²) in [7, 11) is 0. The second kappa shape index (κ2) is 6.43. The van der Waals surface area contributed by atoms with E-state index in [1.165, 1.54) is 0 Å². The maximum absolute atomic E-state index is 11.6.